The number of nitrogens with zero attached hydrogens (tertiary/aromatic N) is 1. The van der Waals surface area contributed by atoms with Gasteiger partial charge in [-0.15, -0.1) is 0 Å². The minimum atomic E-state index is -0.148. The van der Waals surface area contributed by atoms with E-state index < -0.39 is 0 Å². The Balaban J connectivity index is 1.17. The molecule has 0 atom stereocenters. The van der Waals surface area contributed by atoms with Crippen LogP contribution < -0.4 is 4.90 Å². The molecule has 7 aromatic rings. The number of rotatable bonds is 4. The van der Waals surface area contributed by atoms with Gasteiger partial charge in [0.2, 0.25) is 0 Å². The van der Waals surface area contributed by atoms with E-state index in [1.165, 1.54) is 77.8 Å². The zero-order valence-corrected chi connectivity index (χ0v) is 27.4. The third kappa shape index (κ3) is 4.09. The van der Waals surface area contributed by atoms with E-state index in [-0.39, 0.29) is 10.8 Å². The summed E-state index contributed by atoms with van der Waals surface area (Å²) in [5.74, 6) is 0. The number of hydrogen-bond donors (Lipinski definition) is 0. The molecule has 2 aliphatic carbocycles. The van der Waals surface area contributed by atoms with Crippen molar-refractivity contribution in [2.45, 2.75) is 38.5 Å². The van der Waals surface area contributed by atoms with Crippen LogP contribution in [0.2, 0.25) is 0 Å². The SMILES string of the molecule is CC1(C)c2ccccc2-c2ccc(N(c3ccccc3)c3ccc4c(c3)C(C)(C)c3cc(-c5cccc6ccccc56)ccc3-4)cc21. The fraction of sp³-hybridized carbons (Fsp3) is 0.130. The van der Waals surface area contributed by atoms with Crippen molar-refractivity contribution in [1.29, 1.82) is 0 Å². The number of para-hydroxylation sites is 1. The zero-order chi connectivity index (χ0) is 31.9. The molecule has 0 saturated heterocycles. The molecule has 0 spiro atoms. The standard InChI is InChI=1S/C46H37N/c1-45(2)41-20-11-10-18-37(41)39-25-22-33(28-43(39)45)47(32-15-6-5-7-16-32)34-23-26-40-38-24-21-31(27-42(38)46(3,4)44(40)29-34)36-19-12-14-30-13-8-9-17-35(30)36/h5-29H,1-4H3. The van der Waals surface area contributed by atoms with Crippen LogP contribution >= 0.6 is 0 Å². The average molecular weight is 604 g/mol. The Kier molecular flexibility index (Phi) is 5.96. The van der Waals surface area contributed by atoms with Crippen molar-refractivity contribution in [3.8, 4) is 33.4 Å². The minimum Gasteiger partial charge on any atom is -0.310 e. The molecule has 0 radical (unpaired) electrons. The molecule has 0 N–H and O–H groups in total. The molecule has 0 heterocycles. The second kappa shape index (κ2) is 10.0. The molecule has 1 nitrogen and oxygen atoms in total. The van der Waals surface area contributed by atoms with Crippen molar-refractivity contribution in [1.82, 2.24) is 0 Å². The largest absolute Gasteiger partial charge is 0.310 e. The van der Waals surface area contributed by atoms with Crippen LogP contribution in [0.25, 0.3) is 44.2 Å². The summed E-state index contributed by atoms with van der Waals surface area (Å²) in [6.45, 7) is 9.48. The molecular formula is C46H37N. The highest BCUT2D eigenvalue weighted by Gasteiger charge is 2.38. The number of anilines is 3. The maximum Gasteiger partial charge on any atom is 0.0465 e. The summed E-state index contributed by atoms with van der Waals surface area (Å²) >= 11 is 0. The maximum atomic E-state index is 2.44. The lowest BCUT2D eigenvalue weighted by atomic mass is 9.81. The van der Waals surface area contributed by atoms with Crippen molar-refractivity contribution in [3.05, 3.63) is 174 Å². The number of fused-ring (bicyclic) bond motifs is 7. The Labute approximate surface area is 277 Å². The first kappa shape index (κ1) is 27.9. The van der Waals surface area contributed by atoms with E-state index in [9.17, 15) is 0 Å². The third-order valence-electron chi connectivity index (χ3n) is 10.9. The van der Waals surface area contributed by atoms with Crippen LogP contribution in [0.4, 0.5) is 17.1 Å². The van der Waals surface area contributed by atoms with E-state index in [2.05, 4.69) is 184 Å². The lowest BCUT2D eigenvalue weighted by Gasteiger charge is -2.29. The van der Waals surface area contributed by atoms with Crippen molar-refractivity contribution >= 4 is 27.8 Å². The fourth-order valence-corrected chi connectivity index (χ4v) is 8.36. The summed E-state index contributed by atoms with van der Waals surface area (Å²) in [6.07, 6.45) is 0. The molecule has 7 aromatic carbocycles. The first-order valence-electron chi connectivity index (χ1n) is 16.7. The van der Waals surface area contributed by atoms with Crippen molar-refractivity contribution in [2.24, 2.45) is 0 Å². The highest BCUT2D eigenvalue weighted by Crippen LogP contribution is 2.53. The normalized spacial score (nSPS) is 14.7. The Morgan fingerprint density at radius 3 is 1.60 bits per heavy atom. The van der Waals surface area contributed by atoms with Gasteiger partial charge in [0.1, 0.15) is 0 Å². The van der Waals surface area contributed by atoms with E-state index in [0.717, 1.165) is 5.69 Å². The van der Waals surface area contributed by atoms with Crippen LogP contribution in [-0.4, -0.2) is 0 Å². The molecule has 0 bridgehead atoms. The monoisotopic (exact) mass is 603 g/mol. The Morgan fingerprint density at radius 1 is 0.362 bits per heavy atom. The molecule has 1 heteroatoms. The molecule has 9 rings (SSSR count). The van der Waals surface area contributed by atoms with E-state index in [1.807, 2.05) is 0 Å². The second-order valence-electron chi connectivity index (χ2n) is 14.2. The summed E-state index contributed by atoms with van der Waals surface area (Å²) in [6, 6.07) is 56.2. The molecule has 0 saturated carbocycles. The molecule has 0 aromatic heterocycles. The Morgan fingerprint density at radius 2 is 0.872 bits per heavy atom. The van der Waals surface area contributed by atoms with Gasteiger partial charge in [-0.25, -0.2) is 0 Å². The predicted octanol–water partition coefficient (Wildman–Crippen LogP) is 12.6. The van der Waals surface area contributed by atoms with Gasteiger partial charge in [-0.05, 0) is 109 Å². The molecule has 0 fully saturated rings. The quantitative estimate of drug-likeness (QED) is 0.193. The molecule has 47 heavy (non-hydrogen) atoms. The van der Waals surface area contributed by atoms with Gasteiger partial charge >= 0.3 is 0 Å². The molecule has 0 aliphatic heterocycles. The number of benzene rings is 7. The summed E-state index contributed by atoms with van der Waals surface area (Å²) in [5, 5.41) is 2.57. The topological polar surface area (TPSA) is 3.24 Å². The highest BCUT2D eigenvalue weighted by atomic mass is 15.1. The van der Waals surface area contributed by atoms with E-state index >= 15 is 0 Å². The van der Waals surface area contributed by atoms with Gasteiger partial charge in [-0.1, -0.05) is 137 Å². The predicted molar refractivity (Wildman–Crippen MR) is 199 cm³/mol. The van der Waals surface area contributed by atoms with Crippen LogP contribution in [0.15, 0.2) is 152 Å². The van der Waals surface area contributed by atoms with Gasteiger partial charge in [0.05, 0.1) is 0 Å². The summed E-state index contributed by atoms with van der Waals surface area (Å²) in [4.78, 5) is 2.43. The minimum absolute atomic E-state index is 0.0619. The van der Waals surface area contributed by atoms with Crippen molar-refractivity contribution in [3.63, 3.8) is 0 Å². The molecule has 0 unspecified atom stereocenters. The van der Waals surface area contributed by atoms with Gasteiger partial charge in [0.25, 0.3) is 0 Å². The maximum absolute atomic E-state index is 2.44. The van der Waals surface area contributed by atoms with Gasteiger partial charge < -0.3 is 4.90 Å². The van der Waals surface area contributed by atoms with E-state index in [4.69, 9.17) is 0 Å². The van der Waals surface area contributed by atoms with Crippen LogP contribution in [0.3, 0.4) is 0 Å². The molecule has 0 amide bonds. The summed E-state index contributed by atoms with van der Waals surface area (Å²) < 4.78 is 0. The summed E-state index contributed by atoms with van der Waals surface area (Å²) in [5.41, 5.74) is 16.8. The van der Waals surface area contributed by atoms with Crippen LogP contribution in [0.1, 0.15) is 49.9 Å². The van der Waals surface area contributed by atoms with Crippen LogP contribution in [-0.2, 0) is 10.8 Å². The Hall–Kier alpha value is -5.40. The molecule has 2 aliphatic rings. The van der Waals surface area contributed by atoms with E-state index in [1.54, 1.807) is 0 Å². The van der Waals surface area contributed by atoms with Crippen molar-refractivity contribution < 1.29 is 0 Å². The van der Waals surface area contributed by atoms with E-state index in [0.29, 0.717) is 0 Å². The Bertz CT molecular complexity index is 2350. The first-order valence-corrected chi connectivity index (χ1v) is 16.7. The molecular weight excluding hydrogens is 567 g/mol. The fourth-order valence-electron chi connectivity index (χ4n) is 8.36. The number of hydrogen-bond acceptors (Lipinski definition) is 1. The first-order chi connectivity index (χ1) is 22.8. The lowest BCUT2D eigenvalue weighted by molar-refractivity contribution is 0.660. The van der Waals surface area contributed by atoms with Gasteiger partial charge in [0, 0.05) is 27.9 Å². The average Bonchev–Trinajstić information content (AvgIpc) is 3.47. The van der Waals surface area contributed by atoms with Crippen LogP contribution in [0.5, 0.6) is 0 Å². The molecule has 226 valence electrons. The zero-order valence-electron chi connectivity index (χ0n) is 27.4. The van der Waals surface area contributed by atoms with Gasteiger partial charge in [-0.2, -0.15) is 0 Å². The smallest absolute Gasteiger partial charge is 0.0465 e. The highest BCUT2D eigenvalue weighted by molar-refractivity contribution is 5.98. The lowest BCUT2D eigenvalue weighted by Crippen LogP contribution is -2.18. The van der Waals surface area contributed by atoms with Crippen molar-refractivity contribution in [2.75, 3.05) is 4.90 Å². The third-order valence-corrected chi connectivity index (χ3v) is 10.9. The second-order valence-corrected chi connectivity index (χ2v) is 14.2. The van der Waals surface area contributed by atoms with Crippen LogP contribution in [0, 0.1) is 0 Å². The van der Waals surface area contributed by atoms with Gasteiger partial charge in [0.15, 0.2) is 0 Å². The summed E-state index contributed by atoms with van der Waals surface area (Å²) in [7, 11) is 0. The van der Waals surface area contributed by atoms with Gasteiger partial charge in [-0.3, -0.25) is 0 Å².